The summed E-state index contributed by atoms with van der Waals surface area (Å²) in [7, 11) is 8.27. The normalized spacial score (nSPS) is 19.5. The molecule has 6 nitrogen and oxygen atoms in total. The fraction of sp³-hybridized carbons (Fsp3) is 0.650. The molecule has 0 aromatic heterocycles. The molecule has 0 aliphatic carbocycles. The molecule has 1 unspecified atom stereocenters. The van der Waals surface area contributed by atoms with Gasteiger partial charge in [-0.05, 0) is 51.2 Å². The van der Waals surface area contributed by atoms with Crippen molar-refractivity contribution in [1.29, 1.82) is 0 Å². The quantitative estimate of drug-likeness (QED) is 0.613. The largest absolute Gasteiger partial charge is 0.492 e. The summed E-state index contributed by atoms with van der Waals surface area (Å²) < 4.78 is 5.92. The average molecular weight is 362 g/mol. The van der Waals surface area contributed by atoms with E-state index in [0.29, 0.717) is 12.6 Å². The first-order valence-electron chi connectivity index (χ1n) is 9.40. The maximum Gasteiger partial charge on any atom is 0.193 e. The summed E-state index contributed by atoms with van der Waals surface area (Å²) >= 11 is 0. The zero-order valence-electron chi connectivity index (χ0n) is 17.2. The average Bonchev–Trinajstić information content (AvgIpc) is 2.57. The van der Waals surface area contributed by atoms with Gasteiger partial charge in [-0.25, -0.2) is 0 Å². The van der Waals surface area contributed by atoms with Crippen LogP contribution in [0.1, 0.15) is 11.1 Å². The highest BCUT2D eigenvalue weighted by Gasteiger charge is 2.22. The van der Waals surface area contributed by atoms with Crippen LogP contribution in [0.25, 0.3) is 0 Å². The van der Waals surface area contributed by atoms with Gasteiger partial charge >= 0.3 is 0 Å². The number of hydrogen-bond donors (Lipinski definition) is 1. The molecule has 1 N–H and O–H groups in total. The third kappa shape index (κ3) is 6.18. The number of ether oxygens (including phenoxy) is 1. The summed E-state index contributed by atoms with van der Waals surface area (Å²) in [4.78, 5) is 11.3. The second kappa shape index (κ2) is 9.78. The van der Waals surface area contributed by atoms with Gasteiger partial charge in [-0.3, -0.25) is 9.89 Å². The molecule has 1 atom stereocenters. The van der Waals surface area contributed by atoms with Gasteiger partial charge < -0.3 is 19.9 Å². The van der Waals surface area contributed by atoms with Gasteiger partial charge in [0.15, 0.2) is 5.96 Å². The van der Waals surface area contributed by atoms with E-state index in [9.17, 15) is 0 Å². The zero-order valence-corrected chi connectivity index (χ0v) is 17.2. The SMILES string of the molecule is CN=C(NCC1CN(C)CCN1C)N(C)CCOc1cc(C)cc(C)c1. The van der Waals surface area contributed by atoms with Gasteiger partial charge in [-0.1, -0.05) is 6.07 Å². The summed E-state index contributed by atoms with van der Waals surface area (Å²) in [6, 6.07) is 6.82. The van der Waals surface area contributed by atoms with Crippen molar-refractivity contribution in [3.8, 4) is 5.75 Å². The fourth-order valence-corrected chi connectivity index (χ4v) is 3.34. The van der Waals surface area contributed by atoms with Gasteiger partial charge in [0.2, 0.25) is 0 Å². The molecule has 0 amide bonds. The van der Waals surface area contributed by atoms with E-state index in [4.69, 9.17) is 4.74 Å². The molecule has 0 bridgehead atoms. The molecular formula is C20H35N5O. The van der Waals surface area contributed by atoms with Gasteiger partial charge in [-0.15, -0.1) is 0 Å². The van der Waals surface area contributed by atoms with Crippen LogP contribution in [-0.2, 0) is 0 Å². The molecule has 146 valence electrons. The number of piperazine rings is 1. The highest BCUT2D eigenvalue weighted by molar-refractivity contribution is 5.79. The monoisotopic (exact) mass is 361 g/mol. The first-order valence-corrected chi connectivity index (χ1v) is 9.40. The predicted molar refractivity (Wildman–Crippen MR) is 109 cm³/mol. The van der Waals surface area contributed by atoms with Crippen LogP contribution >= 0.6 is 0 Å². The number of aryl methyl sites for hydroxylation is 2. The lowest BCUT2D eigenvalue weighted by atomic mass is 10.1. The number of guanidine groups is 1. The Hall–Kier alpha value is -1.79. The number of aliphatic imine (C=N–C) groups is 1. The third-order valence-electron chi connectivity index (χ3n) is 4.94. The Morgan fingerprint density at radius 3 is 2.58 bits per heavy atom. The van der Waals surface area contributed by atoms with Crippen molar-refractivity contribution >= 4 is 5.96 Å². The van der Waals surface area contributed by atoms with Crippen molar-refractivity contribution in [3.63, 3.8) is 0 Å². The number of nitrogens with zero attached hydrogens (tertiary/aromatic N) is 4. The van der Waals surface area contributed by atoms with E-state index in [1.807, 2.05) is 7.05 Å². The molecule has 6 heteroatoms. The van der Waals surface area contributed by atoms with E-state index < -0.39 is 0 Å². The smallest absolute Gasteiger partial charge is 0.193 e. The Labute approximate surface area is 158 Å². The second-order valence-electron chi connectivity index (χ2n) is 7.42. The molecule has 0 spiro atoms. The molecule has 2 rings (SSSR count). The highest BCUT2D eigenvalue weighted by Crippen LogP contribution is 2.16. The maximum absolute atomic E-state index is 5.92. The maximum atomic E-state index is 5.92. The van der Waals surface area contributed by atoms with Crippen LogP contribution in [0.4, 0.5) is 0 Å². The topological polar surface area (TPSA) is 43.3 Å². The number of rotatable bonds is 6. The minimum atomic E-state index is 0.505. The molecule has 1 fully saturated rings. The van der Waals surface area contributed by atoms with E-state index in [1.54, 1.807) is 0 Å². The molecule has 0 saturated carbocycles. The first-order chi connectivity index (χ1) is 12.4. The van der Waals surface area contributed by atoms with E-state index in [0.717, 1.165) is 44.4 Å². The van der Waals surface area contributed by atoms with Gasteiger partial charge in [0.05, 0.1) is 6.54 Å². The zero-order chi connectivity index (χ0) is 19.1. The van der Waals surface area contributed by atoms with Crippen LogP contribution in [0.5, 0.6) is 5.75 Å². The van der Waals surface area contributed by atoms with E-state index in [-0.39, 0.29) is 0 Å². The number of likely N-dealkylation sites (N-methyl/N-ethyl adjacent to an activating group) is 3. The number of benzene rings is 1. The molecule has 1 aliphatic rings. The van der Waals surface area contributed by atoms with Gasteiger partial charge in [0.1, 0.15) is 12.4 Å². The highest BCUT2D eigenvalue weighted by atomic mass is 16.5. The van der Waals surface area contributed by atoms with Crippen molar-refractivity contribution in [2.75, 3.05) is 67.5 Å². The summed E-state index contributed by atoms with van der Waals surface area (Å²) in [6.45, 7) is 9.84. The lowest BCUT2D eigenvalue weighted by molar-refractivity contribution is 0.116. The molecule has 1 aromatic rings. The van der Waals surface area contributed by atoms with Crippen LogP contribution in [0.3, 0.4) is 0 Å². The summed E-state index contributed by atoms with van der Waals surface area (Å²) in [5.41, 5.74) is 2.46. The van der Waals surface area contributed by atoms with Crippen molar-refractivity contribution in [2.45, 2.75) is 19.9 Å². The van der Waals surface area contributed by atoms with Gasteiger partial charge in [0, 0.05) is 46.3 Å². The second-order valence-corrected chi connectivity index (χ2v) is 7.42. The van der Waals surface area contributed by atoms with Crippen LogP contribution in [0.15, 0.2) is 23.2 Å². The van der Waals surface area contributed by atoms with Crippen LogP contribution in [-0.4, -0.2) is 94.2 Å². The first kappa shape index (κ1) is 20.5. The van der Waals surface area contributed by atoms with Crippen LogP contribution in [0.2, 0.25) is 0 Å². The predicted octanol–water partition coefficient (Wildman–Crippen LogP) is 1.44. The lowest BCUT2D eigenvalue weighted by Gasteiger charge is -2.38. The van der Waals surface area contributed by atoms with E-state index in [2.05, 4.69) is 78.2 Å². The van der Waals surface area contributed by atoms with Crippen molar-refractivity contribution in [2.24, 2.45) is 4.99 Å². The lowest BCUT2D eigenvalue weighted by Crippen LogP contribution is -2.55. The molecule has 1 aliphatic heterocycles. The Bertz CT molecular complexity index is 584. The molecule has 1 aromatic carbocycles. The number of nitrogens with one attached hydrogen (secondary N) is 1. The Morgan fingerprint density at radius 2 is 1.92 bits per heavy atom. The van der Waals surface area contributed by atoms with Gasteiger partial charge in [0.25, 0.3) is 0 Å². The molecule has 1 saturated heterocycles. The fourth-order valence-electron chi connectivity index (χ4n) is 3.34. The van der Waals surface area contributed by atoms with E-state index >= 15 is 0 Å². The standard InChI is InChI=1S/C20H35N5O/c1-16-11-17(2)13-19(12-16)26-10-9-25(6)20(21-3)22-14-18-15-23(4)7-8-24(18)5/h11-13,18H,7-10,14-15H2,1-6H3,(H,21,22). The van der Waals surface area contributed by atoms with Crippen LogP contribution < -0.4 is 10.1 Å². The Kier molecular flexibility index (Phi) is 7.72. The summed E-state index contributed by atoms with van der Waals surface area (Å²) in [6.07, 6.45) is 0. The third-order valence-corrected chi connectivity index (χ3v) is 4.94. The van der Waals surface area contributed by atoms with Crippen LogP contribution in [0, 0.1) is 13.8 Å². The van der Waals surface area contributed by atoms with Crippen molar-refractivity contribution < 1.29 is 4.74 Å². The molecule has 26 heavy (non-hydrogen) atoms. The van der Waals surface area contributed by atoms with Crippen molar-refractivity contribution in [1.82, 2.24) is 20.0 Å². The minimum absolute atomic E-state index is 0.505. The molecular weight excluding hydrogens is 326 g/mol. The summed E-state index contributed by atoms with van der Waals surface area (Å²) in [5.74, 6) is 1.85. The van der Waals surface area contributed by atoms with Gasteiger partial charge in [-0.2, -0.15) is 0 Å². The summed E-state index contributed by atoms with van der Waals surface area (Å²) in [5, 5.41) is 3.51. The minimum Gasteiger partial charge on any atom is -0.492 e. The molecule has 1 heterocycles. The molecule has 0 radical (unpaired) electrons. The van der Waals surface area contributed by atoms with E-state index in [1.165, 1.54) is 11.1 Å². The van der Waals surface area contributed by atoms with Crippen molar-refractivity contribution in [3.05, 3.63) is 29.3 Å². The Balaban J connectivity index is 1.78. The number of hydrogen-bond acceptors (Lipinski definition) is 4. The Morgan fingerprint density at radius 1 is 1.23 bits per heavy atom.